The molecule has 0 unspecified atom stereocenters. The lowest BCUT2D eigenvalue weighted by Gasteiger charge is -2.08. The predicted octanol–water partition coefficient (Wildman–Crippen LogP) is 1.58. The van der Waals surface area contributed by atoms with Gasteiger partial charge in [-0.2, -0.15) is 0 Å². The van der Waals surface area contributed by atoms with Crippen molar-refractivity contribution < 1.29 is 9.21 Å². The van der Waals surface area contributed by atoms with E-state index in [1.807, 2.05) is 0 Å². The highest BCUT2D eigenvalue weighted by atomic mass is 16.3. The second-order valence-corrected chi connectivity index (χ2v) is 3.25. The van der Waals surface area contributed by atoms with Crippen LogP contribution in [0.15, 0.2) is 53.8 Å². The number of nitrogens with one attached hydrogen (secondary N) is 2. The summed E-state index contributed by atoms with van der Waals surface area (Å²) in [7, 11) is 0. The number of hydrogen-bond donors (Lipinski definition) is 2. The SMILES string of the molecule is C=C(NNC(=O)c1ccccn1)c1ccco1. The minimum atomic E-state index is -0.335. The van der Waals surface area contributed by atoms with Crippen LogP contribution in [0.25, 0.3) is 5.70 Å². The molecule has 5 heteroatoms. The van der Waals surface area contributed by atoms with E-state index in [0.29, 0.717) is 17.2 Å². The van der Waals surface area contributed by atoms with Crippen molar-refractivity contribution in [2.75, 3.05) is 0 Å². The molecule has 0 saturated heterocycles. The molecule has 0 fully saturated rings. The molecule has 17 heavy (non-hydrogen) atoms. The molecule has 0 radical (unpaired) electrons. The molecule has 0 aromatic carbocycles. The third kappa shape index (κ3) is 2.72. The molecule has 2 aromatic heterocycles. The van der Waals surface area contributed by atoms with E-state index in [1.165, 1.54) is 6.26 Å². The molecule has 86 valence electrons. The van der Waals surface area contributed by atoms with Crippen LogP contribution in [-0.2, 0) is 0 Å². The van der Waals surface area contributed by atoms with Crippen molar-refractivity contribution in [3.63, 3.8) is 0 Å². The van der Waals surface area contributed by atoms with Crippen molar-refractivity contribution >= 4 is 11.6 Å². The number of nitrogens with zero attached hydrogens (tertiary/aromatic N) is 1. The Balaban J connectivity index is 1.91. The lowest BCUT2D eigenvalue weighted by Crippen LogP contribution is -2.36. The fourth-order valence-electron chi connectivity index (χ4n) is 1.21. The highest BCUT2D eigenvalue weighted by Gasteiger charge is 2.06. The number of rotatable bonds is 4. The third-order valence-electron chi connectivity index (χ3n) is 2.04. The fraction of sp³-hybridized carbons (Fsp3) is 0. The molecule has 0 aliphatic rings. The summed E-state index contributed by atoms with van der Waals surface area (Å²) in [6, 6.07) is 8.58. The second-order valence-electron chi connectivity index (χ2n) is 3.25. The minimum absolute atomic E-state index is 0.326. The van der Waals surface area contributed by atoms with Gasteiger partial charge in [0.2, 0.25) is 0 Å². The lowest BCUT2D eigenvalue weighted by molar-refractivity contribution is 0.0937. The van der Waals surface area contributed by atoms with Crippen molar-refractivity contribution in [1.82, 2.24) is 15.8 Å². The van der Waals surface area contributed by atoms with Crippen LogP contribution < -0.4 is 10.9 Å². The first kappa shape index (κ1) is 10.9. The molecule has 2 aromatic rings. The van der Waals surface area contributed by atoms with Gasteiger partial charge in [-0.05, 0) is 24.3 Å². The van der Waals surface area contributed by atoms with Gasteiger partial charge >= 0.3 is 0 Å². The van der Waals surface area contributed by atoms with Gasteiger partial charge in [0.1, 0.15) is 5.69 Å². The van der Waals surface area contributed by atoms with Crippen LogP contribution in [-0.4, -0.2) is 10.9 Å². The van der Waals surface area contributed by atoms with E-state index in [4.69, 9.17) is 4.42 Å². The Hall–Kier alpha value is -2.56. The third-order valence-corrected chi connectivity index (χ3v) is 2.04. The summed E-state index contributed by atoms with van der Waals surface area (Å²) < 4.78 is 5.10. The Morgan fingerprint density at radius 3 is 2.76 bits per heavy atom. The standard InChI is InChI=1S/C12H11N3O2/c1-9(11-6-4-8-17-11)14-15-12(16)10-5-2-3-7-13-10/h2-8,14H,1H2,(H,15,16). The molecular weight excluding hydrogens is 218 g/mol. The number of amides is 1. The van der Waals surface area contributed by atoms with E-state index in [2.05, 4.69) is 22.4 Å². The monoisotopic (exact) mass is 229 g/mol. The van der Waals surface area contributed by atoms with Crippen LogP contribution in [0.1, 0.15) is 16.2 Å². The van der Waals surface area contributed by atoms with Gasteiger partial charge in [-0.25, -0.2) is 0 Å². The molecule has 0 aliphatic carbocycles. The fourth-order valence-corrected chi connectivity index (χ4v) is 1.21. The van der Waals surface area contributed by atoms with Crippen LogP contribution >= 0.6 is 0 Å². The summed E-state index contributed by atoms with van der Waals surface area (Å²) >= 11 is 0. The summed E-state index contributed by atoms with van der Waals surface area (Å²) in [4.78, 5) is 15.5. The van der Waals surface area contributed by atoms with Gasteiger partial charge in [0.25, 0.3) is 5.91 Å². The molecule has 0 aliphatic heterocycles. The quantitative estimate of drug-likeness (QED) is 0.781. The number of pyridine rings is 1. The second kappa shape index (κ2) is 4.98. The van der Waals surface area contributed by atoms with E-state index in [1.54, 1.807) is 36.5 Å². The zero-order valence-corrected chi connectivity index (χ0v) is 9.01. The van der Waals surface area contributed by atoms with Gasteiger partial charge in [-0.3, -0.25) is 20.6 Å². The maximum Gasteiger partial charge on any atom is 0.288 e. The van der Waals surface area contributed by atoms with E-state index in [-0.39, 0.29) is 5.91 Å². The summed E-state index contributed by atoms with van der Waals surface area (Å²) in [5, 5.41) is 0. The molecule has 1 amide bonds. The Kier molecular flexibility index (Phi) is 3.20. The summed E-state index contributed by atoms with van der Waals surface area (Å²) in [6.07, 6.45) is 3.08. The molecule has 0 atom stereocenters. The van der Waals surface area contributed by atoms with Gasteiger partial charge in [0, 0.05) is 6.20 Å². The normalized spacial score (nSPS) is 9.65. The molecule has 5 nitrogen and oxygen atoms in total. The Labute approximate surface area is 98.1 Å². The van der Waals surface area contributed by atoms with Gasteiger partial charge in [0.05, 0.1) is 12.0 Å². The topological polar surface area (TPSA) is 67.2 Å². The maximum atomic E-state index is 11.6. The van der Waals surface area contributed by atoms with Gasteiger partial charge < -0.3 is 4.42 Å². The van der Waals surface area contributed by atoms with E-state index >= 15 is 0 Å². The van der Waals surface area contributed by atoms with Crippen molar-refractivity contribution in [3.8, 4) is 0 Å². The number of carbonyl (C=O) groups excluding carboxylic acids is 1. The Morgan fingerprint density at radius 2 is 2.12 bits per heavy atom. The van der Waals surface area contributed by atoms with Crippen molar-refractivity contribution in [2.24, 2.45) is 0 Å². The molecule has 2 heterocycles. The average Bonchev–Trinajstić information content (AvgIpc) is 2.90. The molecular formula is C12H11N3O2. The predicted molar refractivity (Wildman–Crippen MR) is 62.6 cm³/mol. The first-order chi connectivity index (χ1) is 8.27. The zero-order valence-electron chi connectivity index (χ0n) is 9.01. The number of aromatic nitrogens is 1. The largest absolute Gasteiger partial charge is 0.463 e. The number of furan rings is 1. The molecule has 0 bridgehead atoms. The molecule has 0 spiro atoms. The summed E-state index contributed by atoms with van der Waals surface area (Å²) in [6.45, 7) is 3.72. The van der Waals surface area contributed by atoms with E-state index in [0.717, 1.165) is 0 Å². The summed E-state index contributed by atoms with van der Waals surface area (Å²) in [5.41, 5.74) is 5.93. The first-order valence-electron chi connectivity index (χ1n) is 4.97. The Bertz CT molecular complexity index is 506. The summed E-state index contributed by atoms with van der Waals surface area (Å²) in [5.74, 6) is 0.227. The smallest absolute Gasteiger partial charge is 0.288 e. The Morgan fingerprint density at radius 1 is 1.24 bits per heavy atom. The molecule has 2 rings (SSSR count). The van der Waals surface area contributed by atoms with Crippen molar-refractivity contribution in [3.05, 3.63) is 60.8 Å². The van der Waals surface area contributed by atoms with Crippen LogP contribution in [0.4, 0.5) is 0 Å². The van der Waals surface area contributed by atoms with Crippen LogP contribution in [0.5, 0.6) is 0 Å². The first-order valence-corrected chi connectivity index (χ1v) is 4.97. The van der Waals surface area contributed by atoms with Crippen molar-refractivity contribution in [1.29, 1.82) is 0 Å². The highest BCUT2D eigenvalue weighted by Crippen LogP contribution is 2.08. The van der Waals surface area contributed by atoms with Gasteiger partial charge in [-0.15, -0.1) is 0 Å². The van der Waals surface area contributed by atoms with E-state index < -0.39 is 0 Å². The van der Waals surface area contributed by atoms with Crippen molar-refractivity contribution in [2.45, 2.75) is 0 Å². The van der Waals surface area contributed by atoms with Crippen LogP contribution in [0.2, 0.25) is 0 Å². The van der Waals surface area contributed by atoms with Gasteiger partial charge in [0.15, 0.2) is 5.76 Å². The highest BCUT2D eigenvalue weighted by molar-refractivity contribution is 5.92. The maximum absolute atomic E-state index is 11.6. The average molecular weight is 229 g/mol. The number of hydrogen-bond acceptors (Lipinski definition) is 4. The van der Waals surface area contributed by atoms with Crippen LogP contribution in [0, 0.1) is 0 Å². The molecule has 2 N–H and O–H groups in total. The van der Waals surface area contributed by atoms with Gasteiger partial charge in [-0.1, -0.05) is 12.6 Å². The number of hydrazine groups is 1. The minimum Gasteiger partial charge on any atom is -0.463 e. The van der Waals surface area contributed by atoms with E-state index in [9.17, 15) is 4.79 Å². The lowest BCUT2D eigenvalue weighted by atomic mass is 10.3. The van der Waals surface area contributed by atoms with Crippen LogP contribution in [0.3, 0.4) is 0 Å². The number of carbonyl (C=O) groups is 1. The zero-order chi connectivity index (χ0) is 12.1. The molecule has 0 saturated carbocycles.